The number of rotatable bonds is 6. The minimum absolute atomic E-state index is 0.0564. The highest BCUT2D eigenvalue weighted by atomic mass is 32.2. The summed E-state index contributed by atoms with van der Waals surface area (Å²) in [6.07, 6.45) is 1.99. The smallest absolute Gasteiger partial charge is 0.240 e. The predicted octanol–water partition coefficient (Wildman–Crippen LogP) is 0.907. The van der Waals surface area contributed by atoms with Gasteiger partial charge in [0.15, 0.2) is 9.84 Å². The summed E-state index contributed by atoms with van der Waals surface area (Å²) in [5.41, 5.74) is 1.83. The van der Waals surface area contributed by atoms with Crippen molar-refractivity contribution in [2.45, 2.75) is 26.2 Å². The molecule has 0 aliphatic carbocycles. The second kappa shape index (κ2) is 7.59. The summed E-state index contributed by atoms with van der Waals surface area (Å²) in [6, 6.07) is 7.57. The van der Waals surface area contributed by atoms with Gasteiger partial charge in [0.25, 0.3) is 0 Å². The van der Waals surface area contributed by atoms with E-state index >= 15 is 0 Å². The van der Waals surface area contributed by atoms with E-state index in [0.717, 1.165) is 24.1 Å². The number of para-hydroxylation sites is 1. The number of hydrogen-bond donors (Lipinski definition) is 1. The van der Waals surface area contributed by atoms with Gasteiger partial charge in [-0.3, -0.25) is 9.59 Å². The van der Waals surface area contributed by atoms with E-state index in [4.69, 9.17) is 0 Å². The number of carbonyl (C=O) groups excluding carboxylic acids is 2. The monoisotopic (exact) mass is 338 g/mol. The number of hydrogen-bond acceptors (Lipinski definition) is 4. The largest absolute Gasteiger partial charge is 0.354 e. The molecular weight excluding hydrogens is 316 g/mol. The average molecular weight is 338 g/mol. The van der Waals surface area contributed by atoms with Gasteiger partial charge in [0, 0.05) is 24.4 Å². The number of fused-ring (bicyclic) bond motifs is 1. The van der Waals surface area contributed by atoms with Crippen molar-refractivity contribution in [1.29, 1.82) is 0 Å². The summed E-state index contributed by atoms with van der Waals surface area (Å²) in [6.45, 7) is 1.56. The quantitative estimate of drug-likeness (QED) is 0.835. The summed E-state index contributed by atoms with van der Waals surface area (Å²) >= 11 is 0. The maximum absolute atomic E-state index is 12.2. The Morgan fingerprint density at radius 1 is 1.26 bits per heavy atom. The van der Waals surface area contributed by atoms with Crippen molar-refractivity contribution in [3.05, 3.63) is 29.8 Å². The van der Waals surface area contributed by atoms with E-state index in [1.54, 1.807) is 6.92 Å². The fourth-order valence-corrected chi connectivity index (χ4v) is 3.25. The van der Waals surface area contributed by atoms with Crippen LogP contribution >= 0.6 is 0 Å². The number of carbonyl (C=O) groups is 2. The molecule has 126 valence electrons. The van der Waals surface area contributed by atoms with Crippen molar-refractivity contribution in [3.63, 3.8) is 0 Å². The molecule has 0 fully saturated rings. The lowest BCUT2D eigenvalue weighted by atomic mass is 10.1. The molecule has 1 heterocycles. The Kier molecular flexibility index (Phi) is 5.76. The lowest BCUT2D eigenvalue weighted by Crippen LogP contribution is -2.42. The average Bonchev–Trinajstić information content (AvgIpc) is 2.67. The molecule has 2 amide bonds. The summed E-state index contributed by atoms with van der Waals surface area (Å²) in [5, 5.41) is 2.58. The third-order valence-corrected chi connectivity index (χ3v) is 5.60. The van der Waals surface area contributed by atoms with E-state index in [2.05, 4.69) is 5.32 Å². The number of anilines is 1. The van der Waals surface area contributed by atoms with Crippen LogP contribution in [0.4, 0.5) is 5.69 Å². The molecule has 1 aromatic carbocycles. The summed E-state index contributed by atoms with van der Waals surface area (Å²) in [7, 11) is -3.11. The van der Waals surface area contributed by atoms with Crippen molar-refractivity contribution >= 4 is 27.3 Å². The van der Waals surface area contributed by atoms with Crippen molar-refractivity contribution in [2.24, 2.45) is 0 Å². The molecule has 0 saturated heterocycles. The van der Waals surface area contributed by atoms with Gasteiger partial charge in [-0.15, -0.1) is 0 Å². The molecular formula is C16H22N2O4S. The molecule has 0 saturated carbocycles. The van der Waals surface area contributed by atoms with Gasteiger partial charge in [-0.05, 0) is 24.5 Å². The lowest BCUT2D eigenvalue weighted by molar-refractivity contribution is -0.123. The number of sulfone groups is 1. The molecule has 0 bridgehead atoms. The zero-order valence-corrected chi connectivity index (χ0v) is 14.1. The highest BCUT2D eigenvalue weighted by Crippen LogP contribution is 2.26. The van der Waals surface area contributed by atoms with Gasteiger partial charge >= 0.3 is 0 Å². The number of nitrogens with zero attached hydrogens (tertiary/aromatic N) is 1. The van der Waals surface area contributed by atoms with Crippen LogP contribution in [-0.2, 0) is 25.8 Å². The molecule has 0 radical (unpaired) electrons. The molecule has 0 spiro atoms. The highest BCUT2D eigenvalue weighted by Gasteiger charge is 2.23. The van der Waals surface area contributed by atoms with Gasteiger partial charge in [0.1, 0.15) is 6.54 Å². The molecule has 23 heavy (non-hydrogen) atoms. The van der Waals surface area contributed by atoms with Gasteiger partial charge in [0.05, 0.1) is 5.75 Å². The van der Waals surface area contributed by atoms with Crippen LogP contribution in [0.2, 0.25) is 0 Å². The normalized spacial score (nSPS) is 15.0. The molecule has 2 rings (SSSR count). The van der Waals surface area contributed by atoms with Crippen molar-refractivity contribution in [3.8, 4) is 0 Å². The molecule has 7 heteroatoms. The van der Waals surface area contributed by atoms with Gasteiger partial charge in [-0.1, -0.05) is 25.1 Å². The van der Waals surface area contributed by atoms with Crippen LogP contribution < -0.4 is 10.2 Å². The predicted molar refractivity (Wildman–Crippen MR) is 89.1 cm³/mol. The Bertz CT molecular complexity index is 685. The Morgan fingerprint density at radius 3 is 2.74 bits per heavy atom. The van der Waals surface area contributed by atoms with Gasteiger partial charge in [-0.2, -0.15) is 0 Å². The van der Waals surface area contributed by atoms with Crippen LogP contribution in [0.15, 0.2) is 24.3 Å². The fraction of sp³-hybridized carbons (Fsp3) is 0.500. The molecule has 0 aromatic heterocycles. The van der Waals surface area contributed by atoms with Gasteiger partial charge < -0.3 is 10.2 Å². The van der Waals surface area contributed by atoms with Gasteiger partial charge in [-0.25, -0.2) is 8.42 Å². The topological polar surface area (TPSA) is 83.6 Å². The Balaban J connectivity index is 2.00. The summed E-state index contributed by atoms with van der Waals surface area (Å²) in [5.74, 6) is -0.451. The van der Waals surface area contributed by atoms with Crippen molar-refractivity contribution in [2.75, 3.05) is 29.5 Å². The van der Waals surface area contributed by atoms with E-state index < -0.39 is 9.84 Å². The van der Waals surface area contributed by atoms with Crippen molar-refractivity contribution < 1.29 is 18.0 Å². The maximum Gasteiger partial charge on any atom is 0.240 e. The van der Waals surface area contributed by atoms with Crippen LogP contribution in [0.25, 0.3) is 0 Å². The van der Waals surface area contributed by atoms with Crippen LogP contribution in [0, 0.1) is 0 Å². The maximum atomic E-state index is 12.2. The van der Waals surface area contributed by atoms with Crippen LogP contribution in [0.3, 0.4) is 0 Å². The Morgan fingerprint density at radius 2 is 2.00 bits per heavy atom. The van der Waals surface area contributed by atoms with Crippen LogP contribution in [-0.4, -0.2) is 44.8 Å². The molecule has 0 unspecified atom stereocenters. The van der Waals surface area contributed by atoms with Crippen molar-refractivity contribution in [1.82, 2.24) is 5.32 Å². The van der Waals surface area contributed by atoms with E-state index in [-0.39, 0.29) is 36.4 Å². The number of benzene rings is 1. The second-order valence-electron chi connectivity index (χ2n) is 5.55. The van der Waals surface area contributed by atoms with E-state index in [0.29, 0.717) is 6.42 Å². The zero-order chi connectivity index (χ0) is 16.9. The fourth-order valence-electron chi connectivity index (χ4n) is 2.55. The Labute approximate surface area is 136 Å². The number of amides is 2. The molecule has 1 aliphatic rings. The molecule has 6 nitrogen and oxygen atoms in total. The molecule has 1 aliphatic heterocycles. The summed E-state index contributed by atoms with van der Waals surface area (Å²) in [4.78, 5) is 25.8. The first-order chi connectivity index (χ1) is 10.9. The van der Waals surface area contributed by atoms with Crippen LogP contribution in [0.1, 0.15) is 25.3 Å². The first kappa shape index (κ1) is 17.5. The van der Waals surface area contributed by atoms with E-state index in [1.807, 2.05) is 24.3 Å². The number of aryl methyl sites for hydroxylation is 1. The minimum atomic E-state index is -3.11. The molecule has 0 atom stereocenters. The Hall–Kier alpha value is -1.89. The molecule has 1 N–H and O–H groups in total. The zero-order valence-electron chi connectivity index (χ0n) is 13.2. The highest BCUT2D eigenvalue weighted by molar-refractivity contribution is 7.91. The SMILES string of the molecule is CCS(=O)(=O)CCNC(=O)CN1C(=O)CCCc2ccccc21. The van der Waals surface area contributed by atoms with E-state index in [1.165, 1.54) is 4.90 Å². The second-order valence-corrected chi connectivity index (χ2v) is 8.02. The first-order valence-electron chi connectivity index (χ1n) is 7.78. The van der Waals surface area contributed by atoms with Gasteiger partial charge in [0.2, 0.25) is 11.8 Å². The lowest BCUT2D eigenvalue weighted by Gasteiger charge is -2.22. The van der Waals surface area contributed by atoms with Crippen LogP contribution in [0.5, 0.6) is 0 Å². The third kappa shape index (κ3) is 4.79. The first-order valence-corrected chi connectivity index (χ1v) is 9.60. The molecule has 1 aromatic rings. The minimum Gasteiger partial charge on any atom is -0.354 e. The summed E-state index contributed by atoms with van der Waals surface area (Å²) < 4.78 is 22.8. The van der Waals surface area contributed by atoms with E-state index in [9.17, 15) is 18.0 Å². The number of nitrogens with one attached hydrogen (secondary N) is 1. The third-order valence-electron chi connectivity index (χ3n) is 3.90. The standard InChI is InChI=1S/C16H22N2O4S/c1-2-23(21,22)11-10-17-15(19)12-18-14-8-4-3-6-13(14)7-5-9-16(18)20/h3-4,6,8H,2,5,7,9-12H2,1H3,(H,17,19).